The van der Waals surface area contributed by atoms with Gasteiger partial charge in [0.1, 0.15) is 17.5 Å². The molecule has 3 rings (SSSR count). The van der Waals surface area contributed by atoms with E-state index in [2.05, 4.69) is 0 Å². The van der Waals surface area contributed by atoms with Gasteiger partial charge in [-0.05, 0) is 6.71 Å². The van der Waals surface area contributed by atoms with Crippen LogP contribution < -0.4 is 16.4 Å². The molecular weight excluding hydrogens is 398 g/mol. The Kier molecular flexibility index (Phi) is 5.14. The highest BCUT2D eigenvalue weighted by Gasteiger charge is 2.25. The van der Waals surface area contributed by atoms with Crippen LogP contribution in [0.3, 0.4) is 0 Å². The van der Waals surface area contributed by atoms with E-state index in [0.717, 1.165) is 0 Å². The van der Waals surface area contributed by atoms with Crippen molar-refractivity contribution < 1.29 is 39.5 Å². The van der Waals surface area contributed by atoms with Gasteiger partial charge >= 0.3 is 0 Å². The van der Waals surface area contributed by atoms with Crippen molar-refractivity contribution in [1.29, 1.82) is 0 Å². The third-order valence-corrected chi connectivity index (χ3v) is 4.00. The first-order valence-electron chi connectivity index (χ1n) is 7.53. The first-order chi connectivity index (χ1) is 13.1. The van der Waals surface area contributed by atoms with Crippen LogP contribution in [-0.4, -0.2) is 6.71 Å². The average molecular weight is 404 g/mol. The maximum absolute atomic E-state index is 14.3. The van der Waals surface area contributed by atoms with E-state index in [1.807, 2.05) is 0 Å². The maximum atomic E-state index is 14.3. The number of hydrogen-bond donors (Lipinski definition) is 0. The highest BCUT2D eigenvalue weighted by molar-refractivity contribution is 6.95. The van der Waals surface area contributed by atoms with Gasteiger partial charge in [0.25, 0.3) is 0 Å². The number of halogens is 9. The van der Waals surface area contributed by atoms with Crippen molar-refractivity contribution in [3.05, 3.63) is 88.8 Å². The molecule has 0 heterocycles. The van der Waals surface area contributed by atoms with Gasteiger partial charge in [-0.1, -0.05) is 0 Å². The van der Waals surface area contributed by atoms with E-state index in [-0.39, 0.29) is 36.4 Å². The van der Waals surface area contributed by atoms with Crippen LogP contribution in [-0.2, 0) is 0 Å². The molecule has 10 heteroatoms. The van der Waals surface area contributed by atoms with Crippen LogP contribution in [0, 0.1) is 52.4 Å². The summed E-state index contributed by atoms with van der Waals surface area (Å²) in [6.45, 7) is -2.48. The molecule has 0 amide bonds. The van der Waals surface area contributed by atoms with E-state index in [1.165, 1.54) is 0 Å². The largest absolute Gasteiger partial charge is 0.210 e. The summed E-state index contributed by atoms with van der Waals surface area (Å²) in [6, 6.07) is 0.774. The molecule has 0 unspecified atom stereocenters. The van der Waals surface area contributed by atoms with E-state index in [4.69, 9.17) is 0 Å². The minimum absolute atomic E-state index is 0.129. The predicted molar refractivity (Wildman–Crippen MR) is 83.6 cm³/mol. The quantitative estimate of drug-likeness (QED) is 0.464. The summed E-state index contributed by atoms with van der Waals surface area (Å²) in [7, 11) is 0. The van der Waals surface area contributed by atoms with Gasteiger partial charge in [0.2, 0.25) is 0 Å². The average Bonchev–Trinajstić information content (AvgIpc) is 2.51. The molecule has 0 atom stereocenters. The fourth-order valence-electron chi connectivity index (χ4n) is 2.92. The summed E-state index contributed by atoms with van der Waals surface area (Å²) in [5.41, 5.74) is -3.93. The van der Waals surface area contributed by atoms with Gasteiger partial charge in [-0.3, -0.25) is 0 Å². The van der Waals surface area contributed by atoms with E-state index < -0.39 is 75.5 Å². The Balaban J connectivity index is 2.45. The molecule has 0 fully saturated rings. The zero-order valence-electron chi connectivity index (χ0n) is 13.4. The highest BCUT2D eigenvalue weighted by Crippen LogP contribution is 2.14. The van der Waals surface area contributed by atoms with E-state index >= 15 is 0 Å². The second-order valence-electron chi connectivity index (χ2n) is 5.78. The predicted octanol–water partition coefficient (Wildman–Crippen LogP) is 3.45. The van der Waals surface area contributed by atoms with E-state index in [1.54, 1.807) is 0 Å². The molecule has 3 aromatic rings. The van der Waals surface area contributed by atoms with Crippen LogP contribution in [0.2, 0.25) is 0 Å². The summed E-state index contributed by atoms with van der Waals surface area (Å²) in [6.07, 6.45) is 0. The molecule has 0 spiro atoms. The molecule has 0 saturated carbocycles. The van der Waals surface area contributed by atoms with E-state index in [0.29, 0.717) is 0 Å². The molecule has 0 aliphatic rings. The summed E-state index contributed by atoms with van der Waals surface area (Å²) < 4.78 is 125. The van der Waals surface area contributed by atoms with Crippen molar-refractivity contribution in [3.8, 4) is 0 Å². The van der Waals surface area contributed by atoms with Gasteiger partial charge in [-0.2, -0.15) is 16.4 Å². The first kappa shape index (κ1) is 19.8. The van der Waals surface area contributed by atoms with Crippen molar-refractivity contribution in [2.75, 3.05) is 0 Å². The molecular formula is C18H6BF9-. The second kappa shape index (κ2) is 7.25. The molecule has 0 bridgehead atoms. The Bertz CT molecular complexity index is 875. The topological polar surface area (TPSA) is 0 Å². The van der Waals surface area contributed by atoms with Gasteiger partial charge in [0, 0.05) is 36.4 Å². The van der Waals surface area contributed by atoms with Gasteiger partial charge in [0.15, 0.2) is 0 Å². The lowest BCUT2D eigenvalue weighted by atomic mass is 9.36. The fraction of sp³-hybridized carbons (Fsp3) is 0. The number of hydrogen-bond acceptors (Lipinski definition) is 0. The lowest BCUT2D eigenvalue weighted by Crippen LogP contribution is -2.59. The molecule has 145 valence electrons. The Labute approximate surface area is 152 Å². The molecule has 0 aromatic heterocycles. The molecule has 0 aliphatic heterocycles. The zero-order valence-corrected chi connectivity index (χ0v) is 13.4. The fourth-order valence-corrected chi connectivity index (χ4v) is 2.92. The van der Waals surface area contributed by atoms with Crippen LogP contribution >= 0.6 is 0 Å². The smallest absolute Gasteiger partial charge is 0.128 e. The standard InChI is InChI=1S/C18H6BF9/c20-7-1-10(23)16(11(24)2-7)19(17-12(25)3-8(21)4-13(17)26)18-14(27)5-9(22)6-15(18)28/h1-6H/q-1. The molecule has 0 N–H and O–H groups in total. The third kappa shape index (κ3) is 3.46. The van der Waals surface area contributed by atoms with Crippen molar-refractivity contribution in [2.24, 2.45) is 0 Å². The number of benzene rings is 3. The summed E-state index contributed by atoms with van der Waals surface area (Å²) in [4.78, 5) is 0. The second-order valence-corrected chi connectivity index (χ2v) is 5.78. The molecule has 0 aliphatic carbocycles. The minimum Gasteiger partial charge on any atom is -0.210 e. The Morgan fingerprint density at radius 2 is 0.536 bits per heavy atom. The molecule has 1 radical (unpaired) electrons. The summed E-state index contributed by atoms with van der Waals surface area (Å²) in [5, 5.41) is 0. The molecule has 0 saturated heterocycles. The van der Waals surface area contributed by atoms with Crippen LogP contribution in [0.4, 0.5) is 39.5 Å². The van der Waals surface area contributed by atoms with Gasteiger partial charge in [-0.15, -0.1) is 0 Å². The minimum atomic E-state index is -2.48. The Hall–Kier alpha value is -2.91. The van der Waals surface area contributed by atoms with Crippen LogP contribution in [0.15, 0.2) is 36.4 Å². The Morgan fingerprint density at radius 3 is 0.714 bits per heavy atom. The SMILES string of the molecule is Fc1cc(F)c([B-](c2c(F)cc(F)cc2F)c2c(F)cc(F)cc2F)c(F)c1. The van der Waals surface area contributed by atoms with Crippen LogP contribution in [0.1, 0.15) is 0 Å². The maximum Gasteiger partial charge on any atom is 0.128 e. The monoisotopic (exact) mass is 404 g/mol. The molecule has 0 nitrogen and oxygen atoms in total. The van der Waals surface area contributed by atoms with Crippen LogP contribution in [0.5, 0.6) is 0 Å². The van der Waals surface area contributed by atoms with Crippen molar-refractivity contribution >= 4 is 23.1 Å². The lowest BCUT2D eigenvalue weighted by molar-refractivity contribution is 0.548. The van der Waals surface area contributed by atoms with Crippen molar-refractivity contribution in [2.45, 2.75) is 0 Å². The van der Waals surface area contributed by atoms with Gasteiger partial charge < -0.3 is 0 Å². The van der Waals surface area contributed by atoms with E-state index in [9.17, 15) is 39.5 Å². The zero-order chi connectivity index (χ0) is 20.7. The molecule has 3 aromatic carbocycles. The first-order valence-corrected chi connectivity index (χ1v) is 7.53. The highest BCUT2D eigenvalue weighted by atomic mass is 19.2. The van der Waals surface area contributed by atoms with Gasteiger partial charge in [0.05, 0.1) is 34.9 Å². The number of rotatable bonds is 3. The van der Waals surface area contributed by atoms with Crippen molar-refractivity contribution in [3.63, 3.8) is 0 Å². The Morgan fingerprint density at radius 1 is 0.357 bits per heavy atom. The summed E-state index contributed by atoms with van der Waals surface area (Å²) >= 11 is 0. The van der Waals surface area contributed by atoms with Gasteiger partial charge in [-0.25, -0.2) is 39.5 Å². The third-order valence-electron chi connectivity index (χ3n) is 4.00. The molecule has 28 heavy (non-hydrogen) atoms. The summed E-state index contributed by atoms with van der Waals surface area (Å²) in [5.74, 6) is -14.5. The van der Waals surface area contributed by atoms with Crippen LogP contribution in [0.25, 0.3) is 0 Å². The normalized spacial score (nSPS) is 11.4. The van der Waals surface area contributed by atoms with Crippen molar-refractivity contribution in [1.82, 2.24) is 0 Å². The lowest BCUT2D eigenvalue weighted by Gasteiger charge is -2.32.